The molecule has 0 saturated carbocycles. The highest BCUT2D eigenvalue weighted by atomic mass is 35.5. The zero-order chi connectivity index (χ0) is 16.9. The standard InChI is InChI=1S/C16H25N3O3S.ClH/c1-13(20)18-15-3-5-16(6-4-15)23(21,22)19-11-8-14(9-12-19)7-10-17-2;/h3-6,14,17H,7-12H2,1-2H3,(H,18,20);1H. The number of benzene rings is 1. The first-order valence-corrected chi connectivity index (χ1v) is 9.40. The Bertz CT molecular complexity index is 626. The van der Waals surface area contributed by atoms with Gasteiger partial charge in [0, 0.05) is 25.7 Å². The average molecular weight is 376 g/mol. The average Bonchev–Trinajstić information content (AvgIpc) is 2.53. The summed E-state index contributed by atoms with van der Waals surface area (Å²) in [6, 6.07) is 6.34. The summed E-state index contributed by atoms with van der Waals surface area (Å²) < 4.78 is 26.9. The fourth-order valence-electron chi connectivity index (χ4n) is 2.85. The molecule has 2 rings (SSSR count). The zero-order valence-electron chi connectivity index (χ0n) is 14.1. The van der Waals surface area contributed by atoms with Gasteiger partial charge in [0.2, 0.25) is 15.9 Å². The molecule has 1 aliphatic rings. The maximum absolute atomic E-state index is 12.7. The number of nitrogens with zero attached hydrogens (tertiary/aromatic N) is 1. The van der Waals surface area contributed by atoms with Crippen molar-refractivity contribution in [2.24, 2.45) is 5.92 Å². The molecular weight excluding hydrogens is 350 g/mol. The second-order valence-electron chi connectivity index (χ2n) is 5.95. The van der Waals surface area contributed by atoms with Crippen molar-refractivity contribution in [3.63, 3.8) is 0 Å². The molecular formula is C16H26ClN3O3S. The minimum atomic E-state index is -3.45. The van der Waals surface area contributed by atoms with E-state index in [1.54, 1.807) is 28.6 Å². The summed E-state index contributed by atoms with van der Waals surface area (Å²) in [5, 5.41) is 5.77. The minimum absolute atomic E-state index is 0. The van der Waals surface area contributed by atoms with Crippen molar-refractivity contribution in [3.05, 3.63) is 24.3 Å². The summed E-state index contributed by atoms with van der Waals surface area (Å²) in [7, 11) is -1.51. The molecule has 1 saturated heterocycles. The molecule has 1 amide bonds. The Hall–Kier alpha value is -1.15. The van der Waals surface area contributed by atoms with Crippen LogP contribution in [0.5, 0.6) is 0 Å². The maximum Gasteiger partial charge on any atom is 0.243 e. The number of rotatable bonds is 6. The Balaban J connectivity index is 0.00000288. The van der Waals surface area contributed by atoms with Crippen LogP contribution >= 0.6 is 12.4 Å². The van der Waals surface area contributed by atoms with Crippen LogP contribution < -0.4 is 10.6 Å². The summed E-state index contributed by atoms with van der Waals surface area (Å²) >= 11 is 0. The van der Waals surface area contributed by atoms with Gasteiger partial charge in [0.1, 0.15) is 0 Å². The highest BCUT2D eigenvalue weighted by molar-refractivity contribution is 7.89. The molecule has 0 bridgehead atoms. The van der Waals surface area contributed by atoms with Crippen LogP contribution in [0.1, 0.15) is 26.2 Å². The van der Waals surface area contributed by atoms with Crippen LogP contribution in [0.15, 0.2) is 29.2 Å². The van der Waals surface area contributed by atoms with Crippen molar-refractivity contribution < 1.29 is 13.2 Å². The van der Waals surface area contributed by atoms with Gasteiger partial charge in [-0.3, -0.25) is 4.79 Å². The van der Waals surface area contributed by atoms with Crippen molar-refractivity contribution in [1.82, 2.24) is 9.62 Å². The number of anilines is 1. The zero-order valence-corrected chi connectivity index (χ0v) is 15.8. The van der Waals surface area contributed by atoms with E-state index in [-0.39, 0.29) is 23.2 Å². The molecule has 136 valence electrons. The van der Waals surface area contributed by atoms with Crippen molar-refractivity contribution in [2.75, 3.05) is 32.0 Å². The summed E-state index contributed by atoms with van der Waals surface area (Å²) in [5.74, 6) is 0.417. The molecule has 0 spiro atoms. The van der Waals surface area contributed by atoms with E-state index in [4.69, 9.17) is 0 Å². The minimum Gasteiger partial charge on any atom is -0.326 e. The molecule has 6 nitrogen and oxygen atoms in total. The molecule has 1 aromatic rings. The Morgan fingerprint density at radius 3 is 2.29 bits per heavy atom. The van der Waals surface area contributed by atoms with Gasteiger partial charge in [-0.2, -0.15) is 4.31 Å². The number of hydrogen-bond acceptors (Lipinski definition) is 4. The maximum atomic E-state index is 12.7. The largest absolute Gasteiger partial charge is 0.326 e. The van der Waals surface area contributed by atoms with E-state index < -0.39 is 10.0 Å². The second-order valence-corrected chi connectivity index (χ2v) is 7.88. The highest BCUT2D eigenvalue weighted by Crippen LogP contribution is 2.26. The Morgan fingerprint density at radius 2 is 1.79 bits per heavy atom. The summed E-state index contributed by atoms with van der Waals surface area (Å²) in [5.41, 5.74) is 0.599. The number of piperidine rings is 1. The molecule has 1 aromatic carbocycles. The second kappa shape index (κ2) is 9.36. The van der Waals surface area contributed by atoms with Crippen molar-refractivity contribution in [1.29, 1.82) is 0 Å². The van der Waals surface area contributed by atoms with Crippen LogP contribution in [0.25, 0.3) is 0 Å². The van der Waals surface area contributed by atoms with Crippen molar-refractivity contribution in [3.8, 4) is 0 Å². The number of hydrogen-bond donors (Lipinski definition) is 2. The van der Waals surface area contributed by atoms with E-state index in [1.165, 1.54) is 6.92 Å². The number of carbonyl (C=O) groups is 1. The van der Waals surface area contributed by atoms with Gasteiger partial charge in [0.25, 0.3) is 0 Å². The summed E-state index contributed by atoms with van der Waals surface area (Å²) in [6.07, 6.45) is 2.91. The monoisotopic (exact) mass is 375 g/mol. The lowest BCUT2D eigenvalue weighted by molar-refractivity contribution is -0.114. The van der Waals surface area contributed by atoms with E-state index in [1.807, 2.05) is 7.05 Å². The van der Waals surface area contributed by atoms with Gasteiger partial charge < -0.3 is 10.6 Å². The molecule has 8 heteroatoms. The SMILES string of the molecule is CNCCC1CCN(S(=O)(=O)c2ccc(NC(C)=O)cc2)CC1.Cl. The first-order chi connectivity index (χ1) is 10.9. The van der Waals surface area contributed by atoms with Gasteiger partial charge in [0.05, 0.1) is 4.90 Å². The third kappa shape index (κ3) is 5.44. The molecule has 1 heterocycles. The van der Waals surface area contributed by atoms with Crippen LogP contribution in [0.2, 0.25) is 0 Å². The Morgan fingerprint density at radius 1 is 1.21 bits per heavy atom. The van der Waals surface area contributed by atoms with Crippen LogP contribution in [0.3, 0.4) is 0 Å². The van der Waals surface area contributed by atoms with Gasteiger partial charge in [-0.1, -0.05) is 0 Å². The van der Waals surface area contributed by atoms with Gasteiger partial charge in [-0.25, -0.2) is 8.42 Å². The van der Waals surface area contributed by atoms with Crippen LogP contribution in [0.4, 0.5) is 5.69 Å². The number of nitrogens with one attached hydrogen (secondary N) is 2. The van der Waals surface area contributed by atoms with Crippen LogP contribution in [-0.2, 0) is 14.8 Å². The van der Waals surface area contributed by atoms with Gasteiger partial charge in [-0.15, -0.1) is 12.4 Å². The summed E-state index contributed by atoms with van der Waals surface area (Å²) in [6.45, 7) is 3.54. The highest BCUT2D eigenvalue weighted by Gasteiger charge is 2.29. The molecule has 1 aliphatic heterocycles. The molecule has 0 aromatic heterocycles. The van der Waals surface area contributed by atoms with Gasteiger partial charge in [-0.05, 0) is 63.0 Å². The van der Waals surface area contributed by atoms with Gasteiger partial charge in [0.15, 0.2) is 0 Å². The number of sulfonamides is 1. The van der Waals surface area contributed by atoms with E-state index >= 15 is 0 Å². The lowest BCUT2D eigenvalue weighted by atomic mass is 9.95. The van der Waals surface area contributed by atoms with E-state index in [0.29, 0.717) is 24.7 Å². The summed E-state index contributed by atoms with van der Waals surface area (Å²) in [4.78, 5) is 11.3. The van der Waals surface area contributed by atoms with Crippen LogP contribution in [-0.4, -0.2) is 45.3 Å². The number of carbonyl (C=O) groups excluding carboxylic acids is 1. The smallest absolute Gasteiger partial charge is 0.243 e. The molecule has 24 heavy (non-hydrogen) atoms. The molecule has 0 atom stereocenters. The van der Waals surface area contributed by atoms with E-state index in [0.717, 1.165) is 25.8 Å². The number of halogens is 1. The lowest BCUT2D eigenvalue weighted by Gasteiger charge is -2.31. The molecule has 0 radical (unpaired) electrons. The topological polar surface area (TPSA) is 78.5 Å². The Labute approximate surface area is 150 Å². The molecule has 0 aliphatic carbocycles. The third-order valence-electron chi connectivity index (χ3n) is 4.19. The fourth-order valence-corrected chi connectivity index (χ4v) is 4.32. The Kier molecular flexibility index (Phi) is 8.15. The third-order valence-corrected chi connectivity index (χ3v) is 6.10. The van der Waals surface area contributed by atoms with Gasteiger partial charge >= 0.3 is 0 Å². The normalized spacial score (nSPS) is 16.4. The number of amides is 1. The molecule has 2 N–H and O–H groups in total. The quantitative estimate of drug-likeness (QED) is 0.797. The first-order valence-electron chi connectivity index (χ1n) is 7.96. The van der Waals surface area contributed by atoms with E-state index in [2.05, 4.69) is 10.6 Å². The molecule has 1 fully saturated rings. The molecule has 0 unspecified atom stereocenters. The predicted octanol–water partition coefficient (Wildman–Crippen LogP) is 2.08. The fraction of sp³-hybridized carbons (Fsp3) is 0.562. The lowest BCUT2D eigenvalue weighted by Crippen LogP contribution is -2.38. The first kappa shape index (κ1) is 20.9. The van der Waals surface area contributed by atoms with Crippen molar-refractivity contribution in [2.45, 2.75) is 31.1 Å². The van der Waals surface area contributed by atoms with Crippen LogP contribution in [0, 0.1) is 5.92 Å². The van der Waals surface area contributed by atoms with E-state index in [9.17, 15) is 13.2 Å². The predicted molar refractivity (Wildman–Crippen MR) is 98.0 cm³/mol. The van der Waals surface area contributed by atoms with Crippen molar-refractivity contribution >= 4 is 34.0 Å².